The second-order valence-electron chi connectivity index (χ2n) is 3.89. The van der Waals surface area contributed by atoms with Crippen molar-refractivity contribution >= 4 is 38.9 Å². The summed E-state index contributed by atoms with van der Waals surface area (Å²) in [5.74, 6) is 0. The number of hydrogen-bond acceptors (Lipinski definition) is 2. The molecule has 1 N–H and O–H groups in total. The van der Waals surface area contributed by atoms with Gasteiger partial charge in [0.25, 0.3) is 0 Å². The summed E-state index contributed by atoms with van der Waals surface area (Å²) in [5.41, 5.74) is 3.43. The maximum absolute atomic E-state index is 8.83. The van der Waals surface area contributed by atoms with Crippen molar-refractivity contribution < 1.29 is 0 Å². The van der Waals surface area contributed by atoms with Crippen LogP contribution in [0.3, 0.4) is 0 Å². The van der Waals surface area contributed by atoms with Crippen molar-refractivity contribution in [1.29, 1.82) is 5.26 Å². The van der Waals surface area contributed by atoms with Crippen LogP contribution in [0.2, 0.25) is 5.02 Å². The molecule has 0 fully saturated rings. The number of aryl methyl sites for hydroxylation is 1. The van der Waals surface area contributed by atoms with Crippen molar-refractivity contribution in [2.45, 2.75) is 6.92 Å². The standard InChI is InChI=1S/C14H10BrClN2/c1-9-6-10(8-17)2-5-13(9)18-14-7-11(15)3-4-12(14)16/h2-7,18H,1H3. The number of nitrogens with zero attached hydrogens (tertiary/aromatic N) is 1. The Bertz CT molecular complexity index is 632. The summed E-state index contributed by atoms with van der Waals surface area (Å²) in [6, 6.07) is 13.2. The lowest BCUT2D eigenvalue weighted by Crippen LogP contribution is -1.94. The number of nitriles is 1. The summed E-state index contributed by atoms with van der Waals surface area (Å²) in [6.45, 7) is 1.95. The van der Waals surface area contributed by atoms with Gasteiger partial charge in [0.1, 0.15) is 0 Å². The zero-order valence-corrected chi connectivity index (χ0v) is 12.0. The Kier molecular flexibility index (Phi) is 3.90. The maximum atomic E-state index is 8.83. The van der Waals surface area contributed by atoms with Crippen LogP contribution in [-0.4, -0.2) is 0 Å². The molecule has 0 saturated carbocycles. The fourth-order valence-electron chi connectivity index (χ4n) is 1.61. The molecular weight excluding hydrogens is 312 g/mol. The van der Waals surface area contributed by atoms with Gasteiger partial charge in [-0.25, -0.2) is 0 Å². The number of rotatable bonds is 2. The van der Waals surface area contributed by atoms with E-state index in [4.69, 9.17) is 16.9 Å². The van der Waals surface area contributed by atoms with E-state index in [1.807, 2.05) is 37.3 Å². The average molecular weight is 322 g/mol. The van der Waals surface area contributed by atoms with Crippen LogP contribution in [-0.2, 0) is 0 Å². The van der Waals surface area contributed by atoms with E-state index in [1.165, 1.54) is 0 Å². The molecule has 0 radical (unpaired) electrons. The molecule has 0 heterocycles. The Labute approximate surface area is 119 Å². The van der Waals surface area contributed by atoms with Gasteiger partial charge in [-0.3, -0.25) is 0 Å². The van der Waals surface area contributed by atoms with E-state index in [-0.39, 0.29) is 0 Å². The summed E-state index contributed by atoms with van der Waals surface area (Å²) in [5, 5.41) is 12.7. The highest BCUT2D eigenvalue weighted by atomic mass is 79.9. The number of nitrogens with one attached hydrogen (secondary N) is 1. The lowest BCUT2D eigenvalue weighted by Gasteiger charge is -2.11. The number of halogens is 2. The lowest BCUT2D eigenvalue weighted by molar-refractivity contribution is 1.40. The highest BCUT2D eigenvalue weighted by Crippen LogP contribution is 2.30. The monoisotopic (exact) mass is 320 g/mol. The first-order valence-corrected chi connectivity index (χ1v) is 6.50. The van der Waals surface area contributed by atoms with Gasteiger partial charge < -0.3 is 5.32 Å². The Balaban J connectivity index is 2.34. The highest BCUT2D eigenvalue weighted by molar-refractivity contribution is 9.10. The first kappa shape index (κ1) is 12.9. The fraction of sp³-hybridized carbons (Fsp3) is 0.0714. The molecule has 0 bridgehead atoms. The Morgan fingerprint density at radius 3 is 2.61 bits per heavy atom. The van der Waals surface area contributed by atoms with Crippen molar-refractivity contribution in [3.8, 4) is 6.07 Å². The van der Waals surface area contributed by atoms with Crippen LogP contribution in [0.5, 0.6) is 0 Å². The first-order chi connectivity index (χ1) is 8.60. The summed E-state index contributed by atoms with van der Waals surface area (Å²) in [7, 11) is 0. The van der Waals surface area contributed by atoms with Gasteiger partial charge >= 0.3 is 0 Å². The second kappa shape index (κ2) is 5.43. The molecule has 0 saturated heterocycles. The molecule has 0 atom stereocenters. The van der Waals surface area contributed by atoms with Gasteiger partial charge in [-0.2, -0.15) is 5.26 Å². The van der Waals surface area contributed by atoms with Crippen molar-refractivity contribution in [2.75, 3.05) is 5.32 Å². The van der Waals surface area contributed by atoms with E-state index in [0.717, 1.165) is 21.4 Å². The minimum absolute atomic E-state index is 0.651. The summed E-state index contributed by atoms with van der Waals surface area (Å²) < 4.78 is 0.959. The smallest absolute Gasteiger partial charge is 0.0991 e. The molecule has 2 nitrogen and oxygen atoms in total. The number of anilines is 2. The zero-order chi connectivity index (χ0) is 13.1. The minimum Gasteiger partial charge on any atom is -0.354 e. The van der Waals surface area contributed by atoms with Crippen LogP contribution in [0.15, 0.2) is 40.9 Å². The molecule has 0 spiro atoms. The van der Waals surface area contributed by atoms with Gasteiger partial charge in [-0.15, -0.1) is 0 Å². The Hall–Kier alpha value is -1.50. The van der Waals surface area contributed by atoms with E-state index in [0.29, 0.717) is 10.6 Å². The van der Waals surface area contributed by atoms with Crippen LogP contribution in [0.4, 0.5) is 11.4 Å². The van der Waals surface area contributed by atoms with Gasteiger partial charge in [-0.1, -0.05) is 27.5 Å². The predicted molar refractivity (Wildman–Crippen MR) is 78.3 cm³/mol. The highest BCUT2D eigenvalue weighted by Gasteiger charge is 2.04. The molecule has 0 aliphatic rings. The van der Waals surface area contributed by atoms with Gasteiger partial charge in [0.05, 0.1) is 22.3 Å². The molecule has 0 amide bonds. The summed E-state index contributed by atoms with van der Waals surface area (Å²) in [4.78, 5) is 0. The third kappa shape index (κ3) is 2.84. The van der Waals surface area contributed by atoms with E-state index in [1.54, 1.807) is 6.07 Å². The van der Waals surface area contributed by atoms with Crippen molar-refractivity contribution in [3.63, 3.8) is 0 Å². The minimum atomic E-state index is 0.651. The van der Waals surface area contributed by atoms with Gasteiger partial charge in [-0.05, 0) is 48.9 Å². The van der Waals surface area contributed by atoms with Crippen LogP contribution in [0.25, 0.3) is 0 Å². The molecule has 2 aromatic rings. The first-order valence-electron chi connectivity index (χ1n) is 5.33. The Morgan fingerprint density at radius 1 is 1.17 bits per heavy atom. The van der Waals surface area contributed by atoms with Crippen LogP contribution in [0.1, 0.15) is 11.1 Å². The lowest BCUT2D eigenvalue weighted by atomic mass is 10.1. The number of benzene rings is 2. The average Bonchev–Trinajstić information content (AvgIpc) is 2.36. The molecule has 2 aromatic carbocycles. The molecule has 0 aliphatic heterocycles. The third-order valence-electron chi connectivity index (χ3n) is 2.55. The Morgan fingerprint density at radius 2 is 1.94 bits per heavy atom. The zero-order valence-electron chi connectivity index (χ0n) is 9.67. The topological polar surface area (TPSA) is 35.8 Å². The van der Waals surface area contributed by atoms with Crippen LogP contribution < -0.4 is 5.32 Å². The van der Waals surface area contributed by atoms with Gasteiger partial charge in [0.2, 0.25) is 0 Å². The predicted octanol–water partition coefficient (Wildman–Crippen LogP) is 5.03. The molecule has 4 heteroatoms. The van der Waals surface area contributed by atoms with Crippen LogP contribution >= 0.6 is 27.5 Å². The second-order valence-corrected chi connectivity index (χ2v) is 5.21. The van der Waals surface area contributed by atoms with E-state index >= 15 is 0 Å². The van der Waals surface area contributed by atoms with Gasteiger partial charge in [0, 0.05) is 10.2 Å². The molecular formula is C14H10BrClN2. The largest absolute Gasteiger partial charge is 0.354 e. The number of hydrogen-bond donors (Lipinski definition) is 1. The molecule has 0 aromatic heterocycles. The van der Waals surface area contributed by atoms with E-state index < -0.39 is 0 Å². The van der Waals surface area contributed by atoms with Crippen molar-refractivity contribution in [2.24, 2.45) is 0 Å². The van der Waals surface area contributed by atoms with E-state index in [2.05, 4.69) is 27.3 Å². The van der Waals surface area contributed by atoms with Gasteiger partial charge in [0.15, 0.2) is 0 Å². The van der Waals surface area contributed by atoms with Crippen molar-refractivity contribution in [1.82, 2.24) is 0 Å². The fourth-order valence-corrected chi connectivity index (χ4v) is 2.14. The molecule has 90 valence electrons. The third-order valence-corrected chi connectivity index (χ3v) is 3.38. The SMILES string of the molecule is Cc1cc(C#N)ccc1Nc1cc(Br)ccc1Cl. The van der Waals surface area contributed by atoms with E-state index in [9.17, 15) is 0 Å². The van der Waals surface area contributed by atoms with Crippen molar-refractivity contribution in [3.05, 3.63) is 57.0 Å². The molecule has 0 unspecified atom stereocenters. The summed E-state index contributed by atoms with van der Waals surface area (Å²) >= 11 is 9.53. The normalized spacial score (nSPS) is 9.89. The molecule has 2 rings (SSSR count). The van der Waals surface area contributed by atoms with Crippen LogP contribution in [0, 0.1) is 18.3 Å². The molecule has 0 aliphatic carbocycles. The molecule has 18 heavy (non-hydrogen) atoms. The quantitative estimate of drug-likeness (QED) is 0.842. The maximum Gasteiger partial charge on any atom is 0.0991 e. The summed E-state index contributed by atoms with van der Waals surface area (Å²) in [6.07, 6.45) is 0.